The fourth-order valence-electron chi connectivity index (χ4n) is 2.97. The first-order valence-electron chi connectivity index (χ1n) is 7.72. The molecule has 21 heavy (non-hydrogen) atoms. The van der Waals surface area contributed by atoms with E-state index in [9.17, 15) is 8.42 Å². The Bertz CT molecular complexity index is 598. The minimum atomic E-state index is -3.42. The second kappa shape index (κ2) is 6.46. The molecule has 1 aliphatic heterocycles. The topological polar surface area (TPSA) is 49.4 Å². The van der Waals surface area contributed by atoms with Crippen molar-refractivity contribution in [3.8, 4) is 0 Å². The Hall–Kier alpha value is -0.910. The number of nitrogens with one attached hydrogen (secondary N) is 1. The lowest BCUT2D eigenvalue weighted by atomic mass is 10.1. The van der Waals surface area contributed by atoms with E-state index in [0.29, 0.717) is 11.4 Å². The van der Waals surface area contributed by atoms with Gasteiger partial charge >= 0.3 is 0 Å². The van der Waals surface area contributed by atoms with Crippen LogP contribution in [0.15, 0.2) is 23.1 Å². The van der Waals surface area contributed by atoms with Crippen molar-refractivity contribution in [3.63, 3.8) is 0 Å². The van der Waals surface area contributed by atoms with Crippen LogP contribution in [0.4, 0.5) is 0 Å². The number of benzene rings is 1. The lowest BCUT2D eigenvalue weighted by Crippen LogP contribution is -2.57. The molecule has 4 nitrogen and oxygen atoms in total. The Labute approximate surface area is 128 Å². The van der Waals surface area contributed by atoms with Gasteiger partial charge in [0.1, 0.15) is 0 Å². The molecule has 2 rings (SSSR count). The van der Waals surface area contributed by atoms with Crippen LogP contribution in [0.25, 0.3) is 0 Å². The maximum atomic E-state index is 13.0. The molecule has 0 saturated carbocycles. The number of piperazine rings is 1. The summed E-state index contributed by atoms with van der Waals surface area (Å²) in [6.07, 6.45) is 1.77. The highest BCUT2D eigenvalue weighted by Crippen LogP contribution is 2.25. The predicted molar refractivity (Wildman–Crippen MR) is 86.0 cm³/mol. The summed E-state index contributed by atoms with van der Waals surface area (Å²) < 4.78 is 27.8. The molecule has 0 bridgehead atoms. The lowest BCUT2D eigenvalue weighted by molar-refractivity contribution is 0.215. The molecule has 1 aromatic carbocycles. The number of hydrogen-bond donors (Lipinski definition) is 1. The minimum Gasteiger partial charge on any atom is -0.311 e. The molecule has 1 fully saturated rings. The normalized spacial score (nSPS) is 24.2. The second-order valence-corrected chi connectivity index (χ2v) is 7.78. The van der Waals surface area contributed by atoms with Crippen molar-refractivity contribution in [2.45, 2.75) is 57.5 Å². The molecule has 0 amide bonds. The smallest absolute Gasteiger partial charge is 0.243 e. The SMILES string of the molecule is CCC1CN(S(=O)(=O)c2ccc(C)cc2C)C(CC)CN1. The Morgan fingerprint density at radius 2 is 1.95 bits per heavy atom. The number of rotatable bonds is 4. The zero-order chi connectivity index (χ0) is 15.6. The highest BCUT2D eigenvalue weighted by Gasteiger charge is 2.36. The molecule has 0 radical (unpaired) electrons. The van der Waals surface area contributed by atoms with Crippen LogP contribution >= 0.6 is 0 Å². The van der Waals surface area contributed by atoms with Crippen LogP contribution in [0.1, 0.15) is 37.8 Å². The fraction of sp³-hybridized carbons (Fsp3) is 0.625. The van der Waals surface area contributed by atoms with Crippen molar-refractivity contribution < 1.29 is 8.42 Å². The Balaban J connectivity index is 2.40. The van der Waals surface area contributed by atoms with Gasteiger partial charge in [0.05, 0.1) is 4.90 Å². The molecule has 2 atom stereocenters. The van der Waals surface area contributed by atoms with Gasteiger partial charge in [0.2, 0.25) is 10.0 Å². The summed E-state index contributed by atoms with van der Waals surface area (Å²) in [5, 5.41) is 3.44. The summed E-state index contributed by atoms with van der Waals surface area (Å²) in [5.74, 6) is 0. The second-order valence-electron chi connectivity index (χ2n) is 5.92. The summed E-state index contributed by atoms with van der Waals surface area (Å²) in [7, 11) is -3.42. The zero-order valence-corrected chi connectivity index (χ0v) is 14.2. The van der Waals surface area contributed by atoms with Crippen LogP contribution in [0.5, 0.6) is 0 Å². The Morgan fingerprint density at radius 3 is 2.52 bits per heavy atom. The molecular formula is C16H26N2O2S. The molecule has 1 heterocycles. The molecular weight excluding hydrogens is 284 g/mol. The van der Waals surface area contributed by atoms with E-state index >= 15 is 0 Å². The van der Waals surface area contributed by atoms with Crippen LogP contribution in [-0.2, 0) is 10.0 Å². The third-order valence-electron chi connectivity index (χ3n) is 4.33. The molecule has 1 saturated heterocycles. The molecule has 1 aromatic rings. The van der Waals surface area contributed by atoms with Gasteiger partial charge in [-0.2, -0.15) is 4.31 Å². The van der Waals surface area contributed by atoms with Gasteiger partial charge in [-0.1, -0.05) is 31.5 Å². The molecule has 118 valence electrons. The van der Waals surface area contributed by atoms with Gasteiger partial charge in [0, 0.05) is 25.2 Å². The monoisotopic (exact) mass is 310 g/mol. The van der Waals surface area contributed by atoms with Gasteiger partial charge in [-0.05, 0) is 38.3 Å². The fourth-order valence-corrected chi connectivity index (χ4v) is 4.92. The standard InChI is InChI=1S/C16H26N2O2S/c1-5-14-11-18(15(6-2)10-17-14)21(19,20)16-8-7-12(3)9-13(16)4/h7-9,14-15,17H,5-6,10-11H2,1-4H3. The number of nitrogens with zero attached hydrogens (tertiary/aromatic N) is 1. The molecule has 5 heteroatoms. The molecule has 2 unspecified atom stereocenters. The van der Waals surface area contributed by atoms with Crippen LogP contribution in [0.3, 0.4) is 0 Å². The summed E-state index contributed by atoms with van der Waals surface area (Å²) in [6.45, 7) is 9.29. The van der Waals surface area contributed by atoms with Crippen LogP contribution in [-0.4, -0.2) is 37.9 Å². The highest BCUT2D eigenvalue weighted by atomic mass is 32.2. The van der Waals surface area contributed by atoms with Crippen molar-refractivity contribution in [1.82, 2.24) is 9.62 Å². The number of aryl methyl sites for hydroxylation is 2. The predicted octanol–water partition coefficient (Wildman–Crippen LogP) is 2.45. The van der Waals surface area contributed by atoms with Crippen LogP contribution < -0.4 is 5.32 Å². The Morgan fingerprint density at radius 1 is 1.24 bits per heavy atom. The van der Waals surface area contributed by atoms with Crippen molar-refractivity contribution >= 4 is 10.0 Å². The molecule has 0 spiro atoms. The quantitative estimate of drug-likeness (QED) is 0.929. The number of hydrogen-bond acceptors (Lipinski definition) is 3. The zero-order valence-electron chi connectivity index (χ0n) is 13.4. The van der Waals surface area contributed by atoms with E-state index in [1.54, 1.807) is 10.4 Å². The number of sulfonamides is 1. The van der Waals surface area contributed by atoms with E-state index in [-0.39, 0.29) is 12.1 Å². The molecule has 0 aliphatic carbocycles. The summed E-state index contributed by atoms with van der Waals surface area (Å²) in [5.41, 5.74) is 1.92. The first kappa shape index (κ1) is 16.5. The van der Waals surface area contributed by atoms with E-state index in [1.165, 1.54) is 0 Å². The van der Waals surface area contributed by atoms with Gasteiger partial charge in [-0.25, -0.2) is 8.42 Å². The average molecular weight is 310 g/mol. The first-order valence-corrected chi connectivity index (χ1v) is 9.16. The van der Waals surface area contributed by atoms with E-state index in [0.717, 1.165) is 30.5 Å². The Kier molecular flexibility index (Phi) is 5.07. The maximum absolute atomic E-state index is 13.0. The maximum Gasteiger partial charge on any atom is 0.243 e. The minimum absolute atomic E-state index is 0.0403. The highest BCUT2D eigenvalue weighted by molar-refractivity contribution is 7.89. The van der Waals surface area contributed by atoms with Gasteiger partial charge in [-0.15, -0.1) is 0 Å². The largest absolute Gasteiger partial charge is 0.311 e. The average Bonchev–Trinajstić information content (AvgIpc) is 2.46. The first-order chi connectivity index (χ1) is 9.90. The van der Waals surface area contributed by atoms with Crippen LogP contribution in [0, 0.1) is 13.8 Å². The molecule has 0 aromatic heterocycles. The van der Waals surface area contributed by atoms with Gasteiger partial charge in [0.15, 0.2) is 0 Å². The van der Waals surface area contributed by atoms with Crippen molar-refractivity contribution in [2.75, 3.05) is 13.1 Å². The summed E-state index contributed by atoms with van der Waals surface area (Å²) >= 11 is 0. The van der Waals surface area contributed by atoms with Gasteiger partial charge in [-0.3, -0.25) is 0 Å². The van der Waals surface area contributed by atoms with E-state index in [2.05, 4.69) is 12.2 Å². The molecule has 1 N–H and O–H groups in total. The lowest BCUT2D eigenvalue weighted by Gasteiger charge is -2.39. The van der Waals surface area contributed by atoms with E-state index < -0.39 is 10.0 Å². The van der Waals surface area contributed by atoms with E-state index in [1.807, 2.05) is 32.9 Å². The summed E-state index contributed by atoms with van der Waals surface area (Å²) in [6, 6.07) is 5.84. The van der Waals surface area contributed by atoms with Crippen molar-refractivity contribution in [2.24, 2.45) is 0 Å². The third kappa shape index (κ3) is 3.30. The molecule has 1 aliphatic rings. The van der Waals surface area contributed by atoms with Crippen molar-refractivity contribution in [3.05, 3.63) is 29.3 Å². The van der Waals surface area contributed by atoms with E-state index in [4.69, 9.17) is 0 Å². The summed E-state index contributed by atoms with van der Waals surface area (Å²) in [4.78, 5) is 0.448. The van der Waals surface area contributed by atoms with Crippen molar-refractivity contribution in [1.29, 1.82) is 0 Å². The van der Waals surface area contributed by atoms with Crippen LogP contribution in [0.2, 0.25) is 0 Å². The van der Waals surface area contributed by atoms with Gasteiger partial charge < -0.3 is 5.32 Å². The third-order valence-corrected chi connectivity index (χ3v) is 6.41. The van der Waals surface area contributed by atoms with Gasteiger partial charge in [0.25, 0.3) is 0 Å².